The van der Waals surface area contributed by atoms with E-state index in [0.717, 1.165) is 64.7 Å². The summed E-state index contributed by atoms with van der Waals surface area (Å²) in [6.45, 7) is 1.28. The largest absolute Gasteiger partial charge is 0.481 e. The number of aryl methyl sites for hydroxylation is 1. The number of fused-ring (bicyclic) bond motifs is 1. The molecule has 1 aliphatic rings. The lowest BCUT2D eigenvalue weighted by Gasteiger charge is -2.25. The molecule has 2 unspecified atom stereocenters. The first kappa shape index (κ1) is 30.3. The first-order valence-electron chi connectivity index (χ1n) is 14.3. The molecule has 1 saturated carbocycles. The zero-order chi connectivity index (χ0) is 29.7. The van der Waals surface area contributed by atoms with Gasteiger partial charge in [-0.05, 0) is 84.6 Å². The van der Waals surface area contributed by atoms with Crippen LogP contribution in [0.15, 0.2) is 78.9 Å². The number of rotatable bonds is 13. The molecule has 0 radical (unpaired) electrons. The molecule has 0 bridgehead atoms. The van der Waals surface area contributed by atoms with Crippen molar-refractivity contribution in [3.63, 3.8) is 0 Å². The number of aliphatic carboxylic acids is 1. The minimum Gasteiger partial charge on any atom is -0.481 e. The van der Waals surface area contributed by atoms with Gasteiger partial charge in [-0.25, -0.2) is 4.98 Å². The number of aliphatic hydroxyl groups excluding tert-OH is 1. The lowest BCUT2D eigenvalue weighted by Crippen LogP contribution is -2.27. The standard InChI is InChI=1S/C35H36ClNO4S/c1-34(41,22-38)30-8-3-2-6-25(30)12-16-32(42-23-35(17-18-35)21-33(39)40)27-7-4-5-24(19-27)9-14-29-15-11-26-10-13-28(36)20-31(26)37-29/h2-11,13-15,19-20,32,38,41H,12,16-18,21-23H2,1H3,(H,39,40)/b14-9+. The second-order valence-electron chi connectivity index (χ2n) is 11.6. The minimum atomic E-state index is -1.31. The van der Waals surface area contributed by atoms with Crippen LogP contribution in [0.1, 0.15) is 65.8 Å². The molecule has 0 aliphatic heterocycles. The monoisotopic (exact) mass is 601 g/mol. The number of pyridine rings is 1. The molecule has 1 heterocycles. The van der Waals surface area contributed by atoms with E-state index in [2.05, 4.69) is 30.3 Å². The van der Waals surface area contributed by atoms with E-state index in [4.69, 9.17) is 16.6 Å². The highest BCUT2D eigenvalue weighted by Crippen LogP contribution is 2.53. The smallest absolute Gasteiger partial charge is 0.303 e. The lowest BCUT2D eigenvalue weighted by molar-refractivity contribution is -0.138. The first-order valence-corrected chi connectivity index (χ1v) is 15.7. The first-order chi connectivity index (χ1) is 20.2. The van der Waals surface area contributed by atoms with Crippen LogP contribution in [0.5, 0.6) is 0 Å². The number of carboxylic acid groups (broad SMARTS) is 1. The Morgan fingerprint density at radius 1 is 1.07 bits per heavy atom. The maximum absolute atomic E-state index is 11.5. The molecule has 5 nitrogen and oxygen atoms in total. The molecule has 3 aromatic carbocycles. The van der Waals surface area contributed by atoms with Crippen LogP contribution < -0.4 is 0 Å². The van der Waals surface area contributed by atoms with E-state index in [-0.39, 0.29) is 23.7 Å². The van der Waals surface area contributed by atoms with E-state index in [1.165, 1.54) is 5.56 Å². The summed E-state index contributed by atoms with van der Waals surface area (Å²) >= 11 is 7.99. The summed E-state index contributed by atoms with van der Waals surface area (Å²) in [5.74, 6) is 0.0605. The van der Waals surface area contributed by atoms with Crippen LogP contribution in [0.2, 0.25) is 5.02 Å². The molecule has 5 rings (SSSR count). The van der Waals surface area contributed by atoms with Crippen LogP contribution >= 0.6 is 23.4 Å². The zero-order valence-corrected chi connectivity index (χ0v) is 25.2. The molecule has 218 valence electrons. The second-order valence-corrected chi connectivity index (χ2v) is 13.2. The van der Waals surface area contributed by atoms with Crippen molar-refractivity contribution in [2.45, 2.75) is 49.9 Å². The number of hydrogen-bond donors (Lipinski definition) is 3. The van der Waals surface area contributed by atoms with Crippen LogP contribution in [0.3, 0.4) is 0 Å². The Labute approximate surface area is 256 Å². The van der Waals surface area contributed by atoms with E-state index in [9.17, 15) is 20.1 Å². The highest BCUT2D eigenvalue weighted by Gasteiger charge is 2.44. The Hall–Kier alpha value is -3.16. The third kappa shape index (κ3) is 7.61. The van der Waals surface area contributed by atoms with Gasteiger partial charge >= 0.3 is 5.97 Å². The van der Waals surface area contributed by atoms with Crippen LogP contribution in [0.25, 0.3) is 23.1 Å². The minimum absolute atomic E-state index is 0.116. The van der Waals surface area contributed by atoms with Gasteiger partial charge in [-0.3, -0.25) is 4.79 Å². The Morgan fingerprint density at radius 2 is 1.86 bits per heavy atom. The molecule has 1 aliphatic carbocycles. The Kier molecular flexibility index (Phi) is 9.38. The fourth-order valence-corrected chi connectivity index (χ4v) is 7.11. The number of carbonyl (C=O) groups is 1. The van der Waals surface area contributed by atoms with Crippen molar-refractivity contribution in [2.75, 3.05) is 12.4 Å². The number of aromatic nitrogens is 1. The SMILES string of the molecule is CC(O)(CO)c1ccccc1CCC(SCC1(CC(=O)O)CC1)c1cccc(/C=C/c2ccc3ccc(Cl)cc3n2)c1. The molecule has 7 heteroatoms. The number of carboxylic acids is 1. The van der Waals surface area contributed by atoms with Crippen molar-refractivity contribution in [1.82, 2.24) is 4.98 Å². The molecular weight excluding hydrogens is 566 g/mol. The maximum Gasteiger partial charge on any atom is 0.303 e. The highest BCUT2D eigenvalue weighted by atomic mass is 35.5. The van der Waals surface area contributed by atoms with Gasteiger partial charge in [0.15, 0.2) is 0 Å². The molecule has 0 saturated heterocycles. The van der Waals surface area contributed by atoms with Crippen LogP contribution in [-0.2, 0) is 16.8 Å². The predicted octanol–water partition coefficient (Wildman–Crippen LogP) is 7.92. The zero-order valence-electron chi connectivity index (χ0n) is 23.7. The third-order valence-corrected chi connectivity index (χ3v) is 9.98. The van der Waals surface area contributed by atoms with Crippen molar-refractivity contribution >= 4 is 52.4 Å². The molecule has 1 aromatic heterocycles. The molecule has 3 N–H and O–H groups in total. The van der Waals surface area contributed by atoms with E-state index in [0.29, 0.717) is 5.02 Å². The molecule has 2 atom stereocenters. The molecule has 4 aromatic rings. The fraction of sp³-hybridized carbons (Fsp3) is 0.314. The summed E-state index contributed by atoms with van der Waals surface area (Å²) < 4.78 is 0. The van der Waals surface area contributed by atoms with Crippen LogP contribution in [-0.4, -0.2) is 38.6 Å². The number of nitrogens with zero attached hydrogens (tertiary/aromatic N) is 1. The molecule has 0 spiro atoms. The Balaban J connectivity index is 1.38. The van der Waals surface area contributed by atoms with Gasteiger partial charge in [0.2, 0.25) is 0 Å². The average Bonchev–Trinajstić information content (AvgIpc) is 3.74. The van der Waals surface area contributed by atoms with Crippen molar-refractivity contribution in [1.29, 1.82) is 0 Å². The molecular formula is C35H36ClNO4S. The highest BCUT2D eigenvalue weighted by molar-refractivity contribution is 7.99. The number of thioether (sulfide) groups is 1. The van der Waals surface area contributed by atoms with Gasteiger partial charge in [0.05, 0.1) is 24.2 Å². The van der Waals surface area contributed by atoms with Crippen molar-refractivity contribution < 1.29 is 20.1 Å². The van der Waals surface area contributed by atoms with Crippen LogP contribution in [0.4, 0.5) is 0 Å². The Morgan fingerprint density at radius 3 is 2.62 bits per heavy atom. The number of hydrogen-bond acceptors (Lipinski definition) is 5. The van der Waals surface area contributed by atoms with Crippen molar-refractivity contribution in [3.8, 4) is 0 Å². The van der Waals surface area contributed by atoms with E-state index in [1.807, 2.05) is 72.4 Å². The summed E-state index contributed by atoms with van der Waals surface area (Å²) in [4.78, 5) is 16.2. The summed E-state index contributed by atoms with van der Waals surface area (Å²) in [6, 6.07) is 25.9. The van der Waals surface area contributed by atoms with Gasteiger partial charge in [0.25, 0.3) is 0 Å². The van der Waals surface area contributed by atoms with Crippen molar-refractivity contribution in [3.05, 3.63) is 112 Å². The molecule has 0 amide bonds. The normalized spacial score (nSPS) is 16.4. The summed E-state index contributed by atoms with van der Waals surface area (Å²) in [6.07, 6.45) is 7.71. The quantitative estimate of drug-likeness (QED) is 0.144. The van der Waals surface area contributed by atoms with Gasteiger partial charge in [0.1, 0.15) is 5.60 Å². The van der Waals surface area contributed by atoms with Gasteiger partial charge in [-0.1, -0.05) is 78.3 Å². The Bertz CT molecular complexity index is 1600. The summed E-state index contributed by atoms with van der Waals surface area (Å²) in [5.41, 5.74) is 4.25. The second kappa shape index (κ2) is 13.0. The van der Waals surface area contributed by atoms with E-state index in [1.54, 1.807) is 6.92 Å². The van der Waals surface area contributed by atoms with Gasteiger partial charge in [-0.2, -0.15) is 11.8 Å². The van der Waals surface area contributed by atoms with E-state index < -0.39 is 11.6 Å². The number of halogens is 1. The third-order valence-electron chi connectivity index (χ3n) is 8.06. The van der Waals surface area contributed by atoms with Gasteiger partial charge < -0.3 is 15.3 Å². The average molecular weight is 602 g/mol. The number of benzene rings is 3. The summed E-state index contributed by atoms with van der Waals surface area (Å²) in [5, 5.41) is 31.9. The maximum atomic E-state index is 11.5. The molecule has 42 heavy (non-hydrogen) atoms. The fourth-order valence-electron chi connectivity index (χ4n) is 5.37. The van der Waals surface area contributed by atoms with Gasteiger partial charge in [0, 0.05) is 21.4 Å². The topological polar surface area (TPSA) is 90.7 Å². The predicted molar refractivity (Wildman–Crippen MR) is 173 cm³/mol. The lowest BCUT2D eigenvalue weighted by atomic mass is 9.89. The van der Waals surface area contributed by atoms with E-state index >= 15 is 0 Å². The number of aliphatic hydroxyl groups is 2. The molecule has 1 fully saturated rings. The van der Waals surface area contributed by atoms with Crippen LogP contribution in [0, 0.1) is 5.41 Å². The van der Waals surface area contributed by atoms with Crippen molar-refractivity contribution in [2.24, 2.45) is 5.41 Å². The van der Waals surface area contributed by atoms with Gasteiger partial charge in [-0.15, -0.1) is 0 Å². The summed E-state index contributed by atoms with van der Waals surface area (Å²) in [7, 11) is 0.